The maximum absolute atomic E-state index is 12.1. The molecule has 1 aromatic rings. The standard InChI is InChI=1S/C22H36N4O/c1-25-14-16-26(17-15-25)13-5-12-23-18-22(27)24-21-10-8-20(9-11-21)19-6-3-2-4-7-19/h8-11,19,23H,2-7,12-18H2,1H3,(H,24,27). The molecule has 0 aromatic heterocycles. The van der Waals surface area contributed by atoms with Crippen LogP contribution in [0.25, 0.3) is 0 Å². The summed E-state index contributed by atoms with van der Waals surface area (Å²) in [7, 11) is 2.18. The summed E-state index contributed by atoms with van der Waals surface area (Å²) in [6, 6.07) is 8.48. The largest absolute Gasteiger partial charge is 0.325 e. The molecule has 150 valence electrons. The summed E-state index contributed by atoms with van der Waals surface area (Å²) in [4.78, 5) is 17.0. The van der Waals surface area contributed by atoms with Crippen LogP contribution in [0.1, 0.15) is 50.0 Å². The van der Waals surface area contributed by atoms with E-state index in [1.54, 1.807) is 0 Å². The van der Waals surface area contributed by atoms with Crippen molar-refractivity contribution in [2.75, 3.05) is 58.2 Å². The van der Waals surface area contributed by atoms with Crippen LogP contribution in [-0.2, 0) is 4.79 Å². The molecule has 27 heavy (non-hydrogen) atoms. The molecule has 1 aliphatic heterocycles. The number of hydrogen-bond acceptors (Lipinski definition) is 4. The molecule has 3 rings (SSSR count). The fourth-order valence-electron chi connectivity index (χ4n) is 4.18. The van der Waals surface area contributed by atoms with E-state index in [1.807, 2.05) is 0 Å². The van der Waals surface area contributed by atoms with E-state index in [1.165, 1.54) is 37.7 Å². The van der Waals surface area contributed by atoms with Gasteiger partial charge in [0.2, 0.25) is 5.91 Å². The van der Waals surface area contributed by atoms with Crippen molar-refractivity contribution in [2.45, 2.75) is 44.4 Å². The van der Waals surface area contributed by atoms with Gasteiger partial charge in [0.05, 0.1) is 6.54 Å². The first-order valence-corrected chi connectivity index (χ1v) is 10.7. The molecule has 2 N–H and O–H groups in total. The van der Waals surface area contributed by atoms with Gasteiger partial charge in [-0.1, -0.05) is 31.4 Å². The molecule has 0 atom stereocenters. The quantitative estimate of drug-likeness (QED) is 0.689. The Labute approximate surface area is 164 Å². The molecule has 0 spiro atoms. The molecule has 1 aromatic carbocycles. The number of rotatable bonds is 8. The third-order valence-electron chi connectivity index (χ3n) is 5.98. The van der Waals surface area contributed by atoms with Crippen LogP contribution < -0.4 is 10.6 Å². The van der Waals surface area contributed by atoms with Gasteiger partial charge in [0.15, 0.2) is 0 Å². The number of amides is 1. The van der Waals surface area contributed by atoms with Gasteiger partial charge < -0.3 is 20.4 Å². The van der Waals surface area contributed by atoms with E-state index >= 15 is 0 Å². The van der Waals surface area contributed by atoms with Crippen molar-refractivity contribution in [3.8, 4) is 0 Å². The normalized spacial score (nSPS) is 19.9. The van der Waals surface area contributed by atoms with Crippen molar-refractivity contribution < 1.29 is 4.79 Å². The Morgan fingerprint density at radius 2 is 1.74 bits per heavy atom. The summed E-state index contributed by atoms with van der Waals surface area (Å²) >= 11 is 0. The Bertz CT molecular complexity index is 560. The number of carbonyl (C=O) groups is 1. The predicted octanol–water partition coefficient (Wildman–Crippen LogP) is 2.90. The topological polar surface area (TPSA) is 47.6 Å². The summed E-state index contributed by atoms with van der Waals surface area (Å²) in [5.41, 5.74) is 2.33. The predicted molar refractivity (Wildman–Crippen MR) is 112 cm³/mol. The highest BCUT2D eigenvalue weighted by Crippen LogP contribution is 2.32. The number of nitrogens with one attached hydrogen (secondary N) is 2. The average Bonchev–Trinajstić information content (AvgIpc) is 2.70. The Balaban J connectivity index is 1.28. The van der Waals surface area contributed by atoms with Gasteiger partial charge >= 0.3 is 0 Å². The Kier molecular flexibility index (Phi) is 8.11. The van der Waals surface area contributed by atoms with Gasteiger partial charge in [-0.25, -0.2) is 0 Å². The highest BCUT2D eigenvalue weighted by molar-refractivity contribution is 5.92. The zero-order valence-electron chi connectivity index (χ0n) is 16.9. The molecule has 5 nitrogen and oxygen atoms in total. The molecule has 2 aliphatic rings. The van der Waals surface area contributed by atoms with Gasteiger partial charge in [0.1, 0.15) is 0 Å². The molecular weight excluding hydrogens is 336 g/mol. The Hall–Kier alpha value is -1.43. The van der Waals surface area contributed by atoms with Crippen LogP contribution in [0.2, 0.25) is 0 Å². The molecule has 1 saturated carbocycles. The summed E-state index contributed by atoms with van der Waals surface area (Å²) in [6.45, 7) is 7.03. The van der Waals surface area contributed by atoms with E-state index < -0.39 is 0 Å². The molecular formula is C22H36N4O. The van der Waals surface area contributed by atoms with Crippen LogP contribution in [0.5, 0.6) is 0 Å². The van der Waals surface area contributed by atoms with Gasteiger partial charge in [-0.3, -0.25) is 4.79 Å². The van der Waals surface area contributed by atoms with Gasteiger partial charge in [0.25, 0.3) is 0 Å². The first kappa shape index (κ1) is 20.3. The van der Waals surface area contributed by atoms with Gasteiger partial charge in [0, 0.05) is 31.9 Å². The summed E-state index contributed by atoms with van der Waals surface area (Å²) in [6.07, 6.45) is 7.79. The van der Waals surface area contributed by atoms with Crippen LogP contribution in [-0.4, -0.2) is 68.6 Å². The van der Waals surface area contributed by atoms with E-state index in [0.29, 0.717) is 12.5 Å². The second kappa shape index (κ2) is 10.8. The van der Waals surface area contributed by atoms with Crippen LogP contribution in [0.4, 0.5) is 5.69 Å². The number of piperazine rings is 1. The fraction of sp³-hybridized carbons (Fsp3) is 0.682. The lowest BCUT2D eigenvalue weighted by Gasteiger charge is -2.32. The number of benzene rings is 1. The van der Waals surface area contributed by atoms with E-state index in [-0.39, 0.29) is 5.91 Å². The highest BCUT2D eigenvalue weighted by atomic mass is 16.1. The highest BCUT2D eigenvalue weighted by Gasteiger charge is 2.15. The second-order valence-corrected chi connectivity index (χ2v) is 8.18. The van der Waals surface area contributed by atoms with Gasteiger partial charge in [-0.15, -0.1) is 0 Å². The lowest BCUT2D eigenvalue weighted by molar-refractivity contribution is -0.115. The zero-order chi connectivity index (χ0) is 18.9. The molecule has 2 fully saturated rings. The molecule has 1 saturated heterocycles. The summed E-state index contributed by atoms with van der Waals surface area (Å²) in [5, 5.41) is 6.27. The van der Waals surface area contributed by atoms with Crippen LogP contribution in [0.15, 0.2) is 24.3 Å². The Morgan fingerprint density at radius 3 is 2.44 bits per heavy atom. The number of carbonyl (C=O) groups excluding carboxylic acids is 1. The summed E-state index contributed by atoms with van der Waals surface area (Å²) < 4.78 is 0. The maximum Gasteiger partial charge on any atom is 0.238 e. The minimum atomic E-state index is 0.0417. The van der Waals surface area contributed by atoms with Crippen molar-refractivity contribution in [3.05, 3.63) is 29.8 Å². The Morgan fingerprint density at radius 1 is 1.04 bits per heavy atom. The second-order valence-electron chi connectivity index (χ2n) is 8.18. The smallest absolute Gasteiger partial charge is 0.238 e. The maximum atomic E-state index is 12.1. The first-order chi connectivity index (χ1) is 13.2. The molecule has 1 heterocycles. The van der Waals surface area contributed by atoms with Crippen LogP contribution in [0.3, 0.4) is 0 Å². The third-order valence-corrected chi connectivity index (χ3v) is 5.98. The van der Waals surface area contributed by atoms with E-state index in [4.69, 9.17) is 0 Å². The third kappa shape index (κ3) is 6.91. The molecule has 0 radical (unpaired) electrons. The summed E-state index contributed by atoms with van der Waals surface area (Å²) in [5.74, 6) is 0.755. The SMILES string of the molecule is CN1CCN(CCCNCC(=O)Nc2ccc(C3CCCCC3)cc2)CC1. The number of anilines is 1. The number of hydrogen-bond donors (Lipinski definition) is 2. The van der Waals surface area contributed by atoms with E-state index in [2.05, 4.69) is 51.7 Å². The molecule has 1 amide bonds. The van der Waals surface area contributed by atoms with Crippen LogP contribution in [0, 0.1) is 0 Å². The lowest BCUT2D eigenvalue weighted by Crippen LogP contribution is -2.45. The lowest BCUT2D eigenvalue weighted by atomic mass is 9.84. The zero-order valence-corrected chi connectivity index (χ0v) is 16.9. The van der Waals surface area contributed by atoms with E-state index in [0.717, 1.165) is 51.4 Å². The minimum Gasteiger partial charge on any atom is -0.325 e. The fourth-order valence-corrected chi connectivity index (χ4v) is 4.18. The van der Waals surface area contributed by atoms with Crippen molar-refractivity contribution >= 4 is 11.6 Å². The molecule has 1 aliphatic carbocycles. The molecule has 0 unspecified atom stereocenters. The monoisotopic (exact) mass is 372 g/mol. The van der Waals surface area contributed by atoms with Crippen LogP contribution >= 0.6 is 0 Å². The average molecular weight is 373 g/mol. The van der Waals surface area contributed by atoms with Crippen molar-refractivity contribution in [1.29, 1.82) is 0 Å². The molecule has 5 heteroatoms. The van der Waals surface area contributed by atoms with Crippen molar-refractivity contribution in [1.82, 2.24) is 15.1 Å². The van der Waals surface area contributed by atoms with Gasteiger partial charge in [-0.2, -0.15) is 0 Å². The van der Waals surface area contributed by atoms with Crippen molar-refractivity contribution in [2.24, 2.45) is 0 Å². The number of nitrogens with zero attached hydrogens (tertiary/aromatic N) is 2. The first-order valence-electron chi connectivity index (χ1n) is 10.7. The minimum absolute atomic E-state index is 0.0417. The molecule has 0 bridgehead atoms. The van der Waals surface area contributed by atoms with Gasteiger partial charge in [-0.05, 0) is 63.0 Å². The van der Waals surface area contributed by atoms with Crippen molar-refractivity contribution in [3.63, 3.8) is 0 Å². The van der Waals surface area contributed by atoms with E-state index in [9.17, 15) is 4.79 Å². The number of likely N-dealkylation sites (N-methyl/N-ethyl adjacent to an activating group) is 1.